The summed E-state index contributed by atoms with van der Waals surface area (Å²) in [5, 5.41) is 8.18. The first-order chi connectivity index (χ1) is 14.8. The summed E-state index contributed by atoms with van der Waals surface area (Å²) in [4.78, 5) is 25.2. The van der Waals surface area contributed by atoms with Crippen LogP contribution in [0.2, 0.25) is 0 Å². The molecule has 2 aliphatic rings. The van der Waals surface area contributed by atoms with E-state index in [4.69, 9.17) is 0 Å². The normalized spacial score (nSPS) is 22.2. The number of nitrogens with one attached hydrogen (secondary N) is 3. The van der Waals surface area contributed by atoms with E-state index in [0.29, 0.717) is 0 Å². The minimum atomic E-state index is -4.51. The van der Waals surface area contributed by atoms with E-state index in [2.05, 4.69) is 16.7 Å². The van der Waals surface area contributed by atoms with Gasteiger partial charge in [-0.3, -0.25) is 9.59 Å². The molecular formula is C23H24F3N3O2. The van der Waals surface area contributed by atoms with Crippen molar-refractivity contribution in [2.45, 2.75) is 44.1 Å². The third kappa shape index (κ3) is 4.74. The fraction of sp³-hybridized carbons (Fsp3) is 0.391. The molecule has 0 aliphatic carbocycles. The van der Waals surface area contributed by atoms with Crippen LogP contribution in [0.25, 0.3) is 0 Å². The molecule has 8 heteroatoms. The predicted molar refractivity (Wildman–Crippen MR) is 109 cm³/mol. The Morgan fingerprint density at radius 3 is 2.52 bits per heavy atom. The van der Waals surface area contributed by atoms with Gasteiger partial charge in [-0.05, 0) is 48.1 Å². The second-order valence-electron chi connectivity index (χ2n) is 8.04. The summed E-state index contributed by atoms with van der Waals surface area (Å²) in [6, 6.07) is 13.0. The van der Waals surface area contributed by atoms with Gasteiger partial charge in [-0.2, -0.15) is 13.2 Å². The van der Waals surface area contributed by atoms with Crippen LogP contribution in [0.1, 0.15) is 41.1 Å². The van der Waals surface area contributed by atoms with Crippen molar-refractivity contribution < 1.29 is 22.8 Å². The number of hydrogen-bond donors (Lipinski definition) is 3. The highest BCUT2D eigenvalue weighted by Gasteiger charge is 2.46. The number of alkyl halides is 3. The molecule has 2 aromatic carbocycles. The number of fused-ring (bicyclic) bond motifs is 1. The molecule has 31 heavy (non-hydrogen) atoms. The molecule has 0 aromatic heterocycles. The lowest BCUT2D eigenvalue weighted by atomic mass is 9.90. The lowest BCUT2D eigenvalue weighted by Gasteiger charge is -2.31. The summed E-state index contributed by atoms with van der Waals surface area (Å²) in [5.74, 6) is -2.59. The standard InChI is InChI=1S/C23H24F3N3O2/c24-23(25,26)19-9-8-18(21(30)28-19)22(31)29-20(14-4-2-1-3-5-14)16-6-7-17-13-27-11-10-15(17)12-16/h1-7,12,18-20,27H,8-11,13H2,(H,28,30)(H,29,31). The number of rotatable bonds is 4. The van der Waals surface area contributed by atoms with Crippen molar-refractivity contribution in [1.82, 2.24) is 16.0 Å². The molecule has 0 radical (unpaired) electrons. The minimum Gasteiger partial charge on any atom is -0.344 e. The Morgan fingerprint density at radius 2 is 1.81 bits per heavy atom. The van der Waals surface area contributed by atoms with Crippen molar-refractivity contribution >= 4 is 11.8 Å². The molecule has 3 atom stereocenters. The van der Waals surface area contributed by atoms with Gasteiger partial charge >= 0.3 is 6.18 Å². The molecule has 5 nitrogen and oxygen atoms in total. The molecular weight excluding hydrogens is 407 g/mol. The van der Waals surface area contributed by atoms with Crippen molar-refractivity contribution in [2.75, 3.05) is 6.54 Å². The molecule has 0 spiro atoms. The van der Waals surface area contributed by atoms with Gasteiger partial charge in [0.05, 0.1) is 6.04 Å². The monoisotopic (exact) mass is 431 g/mol. The Labute approximate surface area is 178 Å². The lowest BCUT2D eigenvalue weighted by molar-refractivity contribution is -0.171. The van der Waals surface area contributed by atoms with Gasteiger partial charge < -0.3 is 16.0 Å². The number of amides is 2. The van der Waals surface area contributed by atoms with Crippen LogP contribution in [0.4, 0.5) is 13.2 Å². The lowest BCUT2D eigenvalue weighted by Crippen LogP contribution is -2.54. The van der Waals surface area contributed by atoms with Crippen LogP contribution in [-0.4, -0.2) is 30.6 Å². The molecule has 164 valence electrons. The van der Waals surface area contributed by atoms with Crippen molar-refractivity contribution in [2.24, 2.45) is 5.92 Å². The first kappa shape index (κ1) is 21.4. The van der Waals surface area contributed by atoms with Crippen molar-refractivity contribution in [3.63, 3.8) is 0 Å². The van der Waals surface area contributed by atoms with Gasteiger partial charge in [-0.15, -0.1) is 0 Å². The summed E-state index contributed by atoms with van der Waals surface area (Å²) >= 11 is 0. The molecule has 2 aliphatic heterocycles. The number of hydrogen-bond acceptors (Lipinski definition) is 3. The summed E-state index contributed by atoms with van der Waals surface area (Å²) in [6.07, 6.45) is -4.08. The van der Waals surface area contributed by atoms with Gasteiger partial charge in [0.1, 0.15) is 12.0 Å². The zero-order valence-corrected chi connectivity index (χ0v) is 16.8. The first-order valence-electron chi connectivity index (χ1n) is 10.4. The van der Waals surface area contributed by atoms with Crippen LogP contribution in [0.15, 0.2) is 48.5 Å². The number of carbonyl (C=O) groups excluding carboxylic acids is 2. The SMILES string of the molecule is O=C(NC(c1ccccc1)c1ccc2c(c1)CCNC2)C1CCC(C(F)(F)F)NC1=O. The highest BCUT2D eigenvalue weighted by Crippen LogP contribution is 2.30. The number of halogens is 3. The van der Waals surface area contributed by atoms with E-state index in [9.17, 15) is 22.8 Å². The second-order valence-corrected chi connectivity index (χ2v) is 8.04. The Hall–Kier alpha value is -2.87. The molecule has 1 fully saturated rings. The van der Waals surface area contributed by atoms with E-state index in [1.165, 1.54) is 11.1 Å². The van der Waals surface area contributed by atoms with E-state index in [1.54, 1.807) is 0 Å². The fourth-order valence-electron chi connectivity index (χ4n) is 4.23. The van der Waals surface area contributed by atoms with E-state index in [0.717, 1.165) is 30.6 Å². The summed E-state index contributed by atoms with van der Waals surface area (Å²) in [7, 11) is 0. The van der Waals surface area contributed by atoms with Gasteiger partial charge in [-0.25, -0.2) is 0 Å². The van der Waals surface area contributed by atoms with Crippen LogP contribution in [-0.2, 0) is 22.6 Å². The average molecular weight is 431 g/mol. The molecule has 2 amide bonds. The number of carbonyl (C=O) groups is 2. The molecule has 2 aromatic rings. The maximum absolute atomic E-state index is 12.9. The highest BCUT2D eigenvalue weighted by molar-refractivity contribution is 6.01. The smallest absolute Gasteiger partial charge is 0.344 e. The molecule has 1 saturated heterocycles. The predicted octanol–water partition coefficient (Wildman–Crippen LogP) is 3.00. The highest BCUT2D eigenvalue weighted by atomic mass is 19.4. The molecule has 0 bridgehead atoms. The van der Waals surface area contributed by atoms with Crippen molar-refractivity contribution in [3.8, 4) is 0 Å². The molecule has 2 heterocycles. The Morgan fingerprint density at radius 1 is 1.03 bits per heavy atom. The third-order valence-corrected chi connectivity index (χ3v) is 5.96. The summed E-state index contributed by atoms with van der Waals surface area (Å²) in [6.45, 7) is 1.67. The molecule has 0 saturated carbocycles. The quantitative estimate of drug-likeness (QED) is 0.652. The van der Waals surface area contributed by atoms with Crippen molar-refractivity contribution in [3.05, 3.63) is 70.8 Å². The van der Waals surface area contributed by atoms with Gasteiger partial charge in [0.15, 0.2) is 0 Å². The van der Waals surface area contributed by atoms with E-state index < -0.39 is 36.0 Å². The van der Waals surface area contributed by atoms with Crippen molar-refractivity contribution in [1.29, 1.82) is 0 Å². The van der Waals surface area contributed by atoms with Crippen LogP contribution < -0.4 is 16.0 Å². The van der Waals surface area contributed by atoms with Crippen LogP contribution in [0, 0.1) is 5.92 Å². The average Bonchev–Trinajstić information content (AvgIpc) is 2.77. The number of benzene rings is 2. The maximum atomic E-state index is 12.9. The Balaban J connectivity index is 1.56. The summed E-state index contributed by atoms with van der Waals surface area (Å²) < 4.78 is 38.7. The van der Waals surface area contributed by atoms with Crippen LogP contribution in [0.3, 0.4) is 0 Å². The zero-order chi connectivity index (χ0) is 22.0. The van der Waals surface area contributed by atoms with Gasteiger partial charge in [-0.1, -0.05) is 48.5 Å². The van der Waals surface area contributed by atoms with Crippen LogP contribution >= 0.6 is 0 Å². The third-order valence-electron chi connectivity index (χ3n) is 5.96. The molecule has 3 N–H and O–H groups in total. The Bertz CT molecular complexity index is 962. The second kappa shape index (κ2) is 8.70. The molecule has 4 rings (SSSR count). The first-order valence-corrected chi connectivity index (χ1v) is 10.4. The molecule has 3 unspecified atom stereocenters. The largest absolute Gasteiger partial charge is 0.408 e. The minimum absolute atomic E-state index is 0.140. The summed E-state index contributed by atoms with van der Waals surface area (Å²) in [5.41, 5.74) is 4.13. The topological polar surface area (TPSA) is 70.2 Å². The van der Waals surface area contributed by atoms with Gasteiger partial charge in [0.25, 0.3) is 0 Å². The van der Waals surface area contributed by atoms with Gasteiger partial charge in [0, 0.05) is 6.54 Å². The Kier molecular flexibility index (Phi) is 6.00. The maximum Gasteiger partial charge on any atom is 0.408 e. The van der Waals surface area contributed by atoms with E-state index in [-0.39, 0.29) is 12.8 Å². The van der Waals surface area contributed by atoms with Gasteiger partial charge in [0.2, 0.25) is 11.8 Å². The van der Waals surface area contributed by atoms with E-state index >= 15 is 0 Å². The van der Waals surface area contributed by atoms with E-state index in [1.807, 2.05) is 47.8 Å². The zero-order valence-electron chi connectivity index (χ0n) is 16.8. The van der Waals surface area contributed by atoms with Crippen LogP contribution in [0.5, 0.6) is 0 Å². The fourth-order valence-corrected chi connectivity index (χ4v) is 4.23. The number of piperidine rings is 1.